The number of hydrogen-bond acceptors (Lipinski definition) is 2. The Balaban J connectivity index is 2.61. The van der Waals surface area contributed by atoms with E-state index in [1.807, 2.05) is 6.92 Å². The molecule has 1 saturated heterocycles. The largest absolute Gasteiger partial charge is 0.460 e. The number of esters is 1. The number of hydrogen-bond donors (Lipinski definition) is 0. The maximum absolute atomic E-state index is 12.7. The van der Waals surface area contributed by atoms with Gasteiger partial charge in [-0.3, -0.25) is 0 Å². The van der Waals surface area contributed by atoms with Crippen molar-refractivity contribution in [1.29, 1.82) is 0 Å². The van der Waals surface area contributed by atoms with Crippen molar-refractivity contribution in [2.75, 3.05) is 0 Å². The molecule has 0 aromatic rings. The number of alkyl halides is 1. The second-order valence-electron chi connectivity index (χ2n) is 2.64. The van der Waals surface area contributed by atoms with Crippen LogP contribution in [0.5, 0.6) is 0 Å². The number of rotatable bonds is 1. The van der Waals surface area contributed by atoms with Gasteiger partial charge in [0.15, 0.2) is 0 Å². The van der Waals surface area contributed by atoms with E-state index in [4.69, 9.17) is 4.74 Å². The molecule has 2 nitrogen and oxygen atoms in total. The highest BCUT2D eigenvalue weighted by atomic mass is 19.1. The average Bonchev–Trinajstić information content (AvgIpc) is 2.17. The minimum Gasteiger partial charge on any atom is -0.460 e. The summed E-state index contributed by atoms with van der Waals surface area (Å²) in [5.74, 6) is -0.961. The molecule has 1 aliphatic rings. The third-order valence-electron chi connectivity index (χ3n) is 1.94. The van der Waals surface area contributed by atoms with Gasteiger partial charge >= 0.3 is 5.97 Å². The SMILES string of the molecule is CC[C@H]1OC(=O)[C@H](F)[C@@H]1C. The molecule has 1 fully saturated rings. The molecule has 0 aromatic carbocycles. The number of carbonyl (C=O) groups is 1. The molecule has 0 spiro atoms. The summed E-state index contributed by atoms with van der Waals surface area (Å²) in [4.78, 5) is 10.6. The molecule has 0 saturated carbocycles. The lowest BCUT2D eigenvalue weighted by Gasteiger charge is -2.09. The van der Waals surface area contributed by atoms with Gasteiger partial charge in [-0.25, -0.2) is 9.18 Å². The van der Waals surface area contributed by atoms with Crippen molar-refractivity contribution in [3.8, 4) is 0 Å². The van der Waals surface area contributed by atoms with E-state index >= 15 is 0 Å². The number of carbonyl (C=O) groups excluding carboxylic acids is 1. The van der Waals surface area contributed by atoms with Crippen molar-refractivity contribution in [2.24, 2.45) is 5.92 Å². The lowest BCUT2D eigenvalue weighted by atomic mass is 10.0. The van der Waals surface area contributed by atoms with Crippen LogP contribution in [0.1, 0.15) is 20.3 Å². The van der Waals surface area contributed by atoms with E-state index in [2.05, 4.69) is 0 Å². The Kier molecular flexibility index (Phi) is 1.92. The summed E-state index contributed by atoms with van der Waals surface area (Å²) in [6.07, 6.45) is -0.903. The Hall–Kier alpha value is -0.600. The van der Waals surface area contributed by atoms with Crippen LogP contribution in [-0.4, -0.2) is 18.2 Å². The van der Waals surface area contributed by atoms with Crippen molar-refractivity contribution in [1.82, 2.24) is 0 Å². The average molecular weight is 146 g/mol. The Morgan fingerprint density at radius 3 is 2.50 bits per heavy atom. The van der Waals surface area contributed by atoms with Crippen molar-refractivity contribution in [3.63, 3.8) is 0 Å². The van der Waals surface area contributed by atoms with E-state index in [1.54, 1.807) is 6.92 Å². The summed E-state index contributed by atoms with van der Waals surface area (Å²) in [6.45, 7) is 3.58. The fourth-order valence-electron chi connectivity index (χ4n) is 1.18. The summed E-state index contributed by atoms with van der Waals surface area (Å²) in [7, 11) is 0. The minimum atomic E-state index is -1.40. The van der Waals surface area contributed by atoms with Crippen LogP contribution in [-0.2, 0) is 9.53 Å². The molecule has 0 radical (unpaired) electrons. The Labute approximate surface area is 59.4 Å². The lowest BCUT2D eigenvalue weighted by Crippen LogP contribution is -2.17. The van der Waals surface area contributed by atoms with Gasteiger partial charge in [-0.15, -0.1) is 0 Å². The highest BCUT2D eigenvalue weighted by molar-refractivity contribution is 5.77. The molecule has 58 valence electrons. The molecular formula is C7H11FO2. The van der Waals surface area contributed by atoms with Crippen molar-refractivity contribution >= 4 is 5.97 Å². The van der Waals surface area contributed by atoms with Gasteiger partial charge in [0.25, 0.3) is 0 Å². The fraction of sp³-hybridized carbons (Fsp3) is 0.857. The molecule has 0 aliphatic carbocycles. The quantitative estimate of drug-likeness (QED) is 0.521. The van der Waals surface area contributed by atoms with E-state index in [0.717, 1.165) is 0 Å². The molecule has 1 heterocycles. The van der Waals surface area contributed by atoms with E-state index in [1.165, 1.54) is 0 Å². The normalized spacial score (nSPS) is 39.9. The van der Waals surface area contributed by atoms with Gasteiger partial charge in [0.2, 0.25) is 6.17 Å². The zero-order valence-corrected chi connectivity index (χ0v) is 6.13. The monoisotopic (exact) mass is 146 g/mol. The van der Waals surface area contributed by atoms with Crippen LogP contribution in [0.4, 0.5) is 4.39 Å². The van der Waals surface area contributed by atoms with Gasteiger partial charge in [-0.2, -0.15) is 0 Å². The lowest BCUT2D eigenvalue weighted by molar-refractivity contribution is -0.145. The molecule has 0 bridgehead atoms. The third kappa shape index (κ3) is 1.00. The van der Waals surface area contributed by atoms with Gasteiger partial charge in [-0.1, -0.05) is 13.8 Å². The zero-order valence-electron chi connectivity index (χ0n) is 6.13. The topological polar surface area (TPSA) is 26.3 Å². The predicted octanol–water partition coefficient (Wildman–Crippen LogP) is 1.30. The molecule has 0 aromatic heterocycles. The fourth-order valence-corrected chi connectivity index (χ4v) is 1.18. The summed E-state index contributed by atoms with van der Waals surface area (Å²) in [5.41, 5.74) is 0. The van der Waals surface area contributed by atoms with E-state index in [9.17, 15) is 9.18 Å². The van der Waals surface area contributed by atoms with Crippen LogP contribution in [0.2, 0.25) is 0 Å². The number of cyclic esters (lactones) is 1. The summed E-state index contributed by atoms with van der Waals surface area (Å²) in [5, 5.41) is 0. The third-order valence-corrected chi connectivity index (χ3v) is 1.94. The molecule has 1 aliphatic heterocycles. The van der Waals surface area contributed by atoms with Crippen LogP contribution in [0.3, 0.4) is 0 Å². The number of halogens is 1. The summed E-state index contributed by atoms with van der Waals surface area (Å²) < 4.78 is 17.4. The minimum absolute atomic E-state index is 0.206. The highest BCUT2D eigenvalue weighted by Gasteiger charge is 2.40. The molecule has 0 N–H and O–H groups in total. The summed E-state index contributed by atoms with van der Waals surface area (Å²) >= 11 is 0. The van der Waals surface area contributed by atoms with Gasteiger partial charge in [-0.05, 0) is 6.42 Å². The summed E-state index contributed by atoms with van der Waals surface area (Å²) in [6, 6.07) is 0. The second kappa shape index (κ2) is 2.56. The Morgan fingerprint density at radius 2 is 2.30 bits per heavy atom. The van der Waals surface area contributed by atoms with Crippen LogP contribution < -0.4 is 0 Å². The van der Waals surface area contributed by atoms with E-state index < -0.39 is 12.1 Å². The standard InChI is InChI=1S/C7H11FO2/c1-3-5-4(2)6(8)7(9)10-5/h4-6H,3H2,1-2H3/t4-,5-,6-/m1/s1. The Morgan fingerprint density at radius 1 is 1.70 bits per heavy atom. The molecule has 1 rings (SSSR count). The van der Waals surface area contributed by atoms with Gasteiger partial charge < -0.3 is 4.74 Å². The molecule has 0 amide bonds. The first-order chi connectivity index (χ1) is 4.66. The molecule has 3 heteroatoms. The molecule has 10 heavy (non-hydrogen) atoms. The molecular weight excluding hydrogens is 135 g/mol. The van der Waals surface area contributed by atoms with Crippen molar-refractivity contribution in [3.05, 3.63) is 0 Å². The van der Waals surface area contributed by atoms with Crippen LogP contribution in [0.25, 0.3) is 0 Å². The smallest absolute Gasteiger partial charge is 0.341 e. The second-order valence-corrected chi connectivity index (χ2v) is 2.64. The van der Waals surface area contributed by atoms with Crippen LogP contribution in [0.15, 0.2) is 0 Å². The highest BCUT2D eigenvalue weighted by Crippen LogP contribution is 2.26. The number of ether oxygens (including phenoxy) is 1. The van der Waals surface area contributed by atoms with Crippen molar-refractivity contribution < 1.29 is 13.9 Å². The van der Waals surface area contributed by atoms with E-state index in [0.29, 0.717) is 6.42 Å². The van der Waals surface area contributed by atoms with Gasteiger partial charge in [0, 0.05) is 5.92 Å². The van der Waals surface area contributed by atoms with Crippen LogP contribution >= 0.6 is 0 Å². The van der Waals surface area contributed by atoms with Gasteiger partial charge in [0.05, 0.1) is 0 Å². The maximum atomic E-state index is 12.7. The first kappa shape index (κ1) is 7.51. The molecule has 3 atom stereocenters. The first-order valence-corrected chi connectivity index (χ1v) is 3.51. The first-order valence-electron chi connectivity index (χ1n) is 3.51. The maximum Gasteiger partial charge on any atom is 0.341 e. The zero-order chi connectivity index (χ0) is 7.72. The Bertz CT molecular complexity index is 147. The van der Waals surface area contributed by atoms with E-state index in [-0.39, 0.29) is 12.0 Å². The predicted molar refractivity (Wildman–Crippen MR) is 34.2 cm³/mol. The van der Waals surface area contributed by atoms with Gasteiger partial charge in [0.1, 0.15) is 6.10 Å². The molecule has 0 unspecified atom stereocenters. The van der Waals surface area contributed by atoms with Crippen molar-refractivity contribution in [2.45, 2.75) is 32.5 Å². The van der Waals surface area contributed by atoms with Crippen LogP contribution in [0, 0.1) is 5.92 Å².